The number of sulfone groups is 1. The van der Waals surface area contributed by atoms with E-state index in [0.29, 0.717) is 17.2 Å². The maximum absolute atomic E-state index is 13.1. The highest BCUT2D eigenvalue weighted by atomic mass is 32.2. The average Bonchev–Trinajstić information content (AvgIpc) is 3.17. The van der Waals surface area contributed by atoms with Crippen LogP contribution in [0.5, 0.6) is 11.5 Å². The fourth-order valence-corrected chi connectivity index (χ4v) is 3.36. The second-order valence-electron chi connectivity index (χ2n) is 6.49. The molecule has 0 radical (unpaired) electrons. The van der Waals surface area contributed by atoms with Crippen molar-refractivity contribution in [3.8, 4) is 11.5 Å². The zero-order chi connectivity index (χ0) is 22.2. The molecule has 1 N–H and O–H groups in total. The summed E-state index contributed by atoms with van der Waals surface area (Å²) in [6.07, 6.45) is -2.43. The van der Waals surface area contributed by atoms with Crippen LogP contribution in [0.4, 0.5) is 24.7 Å². The molecule has 0 saturated heterocycles. The summed E-state index contributed by atoms with van der Waals surface area (Å²) >= 11 is 0. The summed E-state index contributed by atoms with van der Waals surface area (Å²) in [5, 5.41) is 6.73. The summed E-state index contributed by atoms with van der Waals surface area (Å²) in [7, 11) is -3.37. The van der Waals surface area contributed by atoms with Gasteiger partial charge in [-0.2, -0.15) is 27.8 Å². The Morgan fingerprint density at radius 1 is 1.03 bits per heavy atom. The molecule has 4 aromatic rings. The van der Waals surface area contributed by atoms with Crippen LogP contribution in [0.15, 0.2) is 65.8 Å². The number of nitrogens with zero attached hydrogens (tertiary/aromatic N) is 4. The highest BCUT2D eigenvalue weighted by molar-refractivity contribution is 7.90. The SMILES string of the molecule is CS(=O)(=O)c1cccc(Oc2ccc(Nc3cc(C(F)(F)F)nc4ncnn34)cc2)c1. The normalized spacial score (nSPS) is 12.1. The molecule has 0 atom stereocenters. The molecule has 4 rings (SSSR count). The Balaban J connectivity index is 1.57. The van der Waals surface area contributed by atoms with Crippen molar-refractivity contribution in [1.82, 2.24) is 19.6 Å². The van der Waals surface area contributed by atoms with E-state index in [1.807, 2.05) is 0 Å². The van der Waals surface area contributed by atoms with Gasteiger partial charge < -0.3 is 10.1 Å². The molecule has 8 nitrogen and oxygen atoms in total. The van der Waals surface area contributed by atoms with Gasteiger partial charge in [0.05, 0.1) is 4.90 Å². The Morgan fingerprint density at radius 3 is 2.45 bits per heavy atom. The fourth-order valence-electron chi connectivity index (χ4n) is 2.71. The number of alkyl halides is 3. The molecule has 0 bridgehead atoms. The summed E-state index contributed by atoms with van der Waals surface area (Å²) < 4.78 is 69.4. The standard InChI is InChI=1S/C19H14F3N5O3S/c1-31(28,29)15-4-2-3-14(9-15)30-13-7-5-12(6-8-13)25-17-10-16(19(20,21)22)26-18-23-11-24-27(17)18/h2-11,25H,1H3. The van der Waals surface area contributed by atoms with Crippen LogP contribution in [-0.2, 0) is 16.0 Å². The van der Waals surface area contributed by atoms with Gasteiger partial charge in [0.15, 0.2) is 15.5 Å². The van der Waals surface area contributed by atoms with E-state index in [-0.39, 0.29) is 16.5 Å². The molecule has 0 aliphatic heterocycles. The second-order valence-corrected chi connectivity index (χ2v) is 8.51. The maximum Gasteiger partial charge on any atom is 0.433 e. The van der Waals surface area contributed by atoms with E-state index in [9.17, 15) is 21.6 Å². The van der Waals surface area contributed by atoms with Crippen molar-refractivity contribution in [1.29, 1.82) is 0 Å². The third-order valence-corrected chi connectivity index (χ3v) is 5.25. The van der Waals surface area contributed by atoms with Gasteiger partial charge in [0.1, 0.15) is 23.6 Å². The fraction of sp³-hybridized carbons (Fsp3) is 0.105. The molecule has 0 saturated carbocycles. The number of fused-ring (bicyclic) bond motifs is 1. The first kappa shape index (κ1) is 20.6. The molecule has 0 spiro atoms. The number of anilines is 2. The molecule has 0 fully saturated rings. The van der Waals surface area contributed by atoms with Crippen LogP contribution in [0, 0.1) is 0 Å². The Kier molecular flexibility index (Phi) is 5.01. The van der Waals surface area contributed by atoms with Gasteiger partial charge in [-0.3, -0.25) is 0 Å². The third-order valence-electron chi connectivity index (χ3n) is 4.14. The quantitative estimate of drug-likeness (QED) is 0.490. The number of rotatable bonds is 5. The largest absolute Gasteiger partial charge is 0.457 e. The number of ether oxygens (including phenoxy) is 1. The van der Waals surface area contributed by atoms with E-state index in [1.165, 1.54) is 12.1 Å². The number of nitrogens with one attached hydrogen (secondary N) is 1. The Morgan fingerprint density at radius 2 is 1.77 bits per heavy atom. The lowest BCUT2D eigenvalue weighted by Gasteiger charge is -2.12. The van der Waals surface area contributed by atoms with Gasteiger partial charge >= 0.3 is 6.18 Å². The predicted octanol–water partition coefficient (Wildman–Crippen LogP) is 4.08. The number of hydrogen-bond acceptors (Lipinski definition) is 7. The van der Waals surface area contributed by atoms with E-state index < -0.39 is 21.7 Å². The molecule has 0 unspecified atom stereocenters. The van der Waals surface area contributed by atoms with Crippen LogP contribution in [0.25, 0.3) is 5.78 Å². The van der Waals surface area contributed by atoms with Crippen LogP contribution < -0.4 is 10.1 Å². The highest BCUT2D eigenvalue weighted by Gasteiger charge is 2.34. The van der Waals surface area contributed by atoms with Crippen molar-refractivity contribution in [2.45, 2.75) is 11.1 Å². The summed E-state index contributed by atoms with van der Waals surface area (Å²) in [4.78, 5) is 7.30. The molecule has 0 aliphatic rings. The van der Waals surface area contributed by atoms with Crippen molar-refractivity contribution in [2.75, 3.05) is 11.6 Å². The molecule has 2 aromatic heterocycles. The molecule has 12 heteroatoms. The van der Waals surface area contributed by atoms with E-state index in [1.54, 1.807) is 36.4 Å². The monoisotopic (exact) mass is 449 g/mol. The summed E-state index contributed by atoms with van der Waals surface area (Å²) in [6.45, 7) is 0. The van der Waals surface area contributed by atoms with Gasteiger partial charge in [-0.05, 0) is 42.5 Å². The average molecular weight is 449 g/mol. The van der Waals surface area contributed by atoms with Crippen molar-refractivity contribution >= 4 is 27.1 Å². The first-order chi connectivity index (χ1) is 14.6. The number of benzene rings is 2. The molecule has 2 aromatic carbocycles. The van der Waals surface area contributed by atoms with Gasteiger partial charge in [-0.15, -0.1) is 0 Å². The molecular formula is C19H14F3N5O3S. The number of hydrogen-bond donors (Lipinski definition) is 1. The van der Waals surface area contributed by atoms with Crippen molar-refractivity contribution in [3.05, 3.63) is 66.6 Å². The molecular weight excluding hydrogens is 435 g/mol. The summed E-state index contributed by atoms with van der Waals surface area (Å²) in [6, 6.07) is 13.2. The Hall–Kier alpha value is -3.67. The van der Waals surface area contributed by atoms with Crippen LogP contribution >= 0.6 is 0 Å². The maximum atomic E-state index is 13.1. The summed E-state index contributed by atoms with van der Waals surface area (Å²) in [5.74, 6) is 0.581. The van der Waals surface area contributed by atoms with Crippen LogP contribution in [0.1, 0.15) is 5.69 Å². The molecule has 2 heterocycles. The topological polar surface area (TPSA) is 98.5 Å². The lowest BCUT2D eigenvalue weighted by molar-refractivity contribution is -0.141. The zero-order valence-electron chi connectivity index (χ0n) is 15.8. The Bertz CT molecular complexity index is 1350. The van der Waals surface area contributed by atoms with Crippen LogP contribution in [0.2, 0.25) is 0 Å². The molecule has 160 valence electrons. The van der Waals surface area contributed by atoms with Gasteiger partial charge in [-0.25, -0.2) is 13.4 Å². The molecule has 31 heavy (non-hydrogen) atoms. The van der Waals surface area contributed by atoms with Crippen LogP contribution in [0.3, 0.4) is 0 Å². The smallest absolute Gasteiger partial charge is 0.433 e. The van der Waals surface area contributed by atoms with Gasteiger partial charge in [-0.1, -0.05) is 6.07 Å². The van der Waals surface area contributed by atoms with Gasteiger partial charge in [0.25, 0.3) is 5.78 Å². The zero-order valence-corrected chi connectivity index (χ0v) is 16.6. The minimum absolute atomic E-state index is 0.0318. The van der Waals surface area contributed by atoms with E-state index in [2.05, 4.69) is 20.4 Å². The van der Waals surface area contributed by atoms with Gasteiger partial charge in [0, 0.05) is 18.0 Å². The van der Waals surface area contributed by atoms with E-state index in [0.717, 1.165) is 23.2 Å². The van der Waals surface area contributed by atoms with Crippen LogP contribution in [-0.4, -0.2) is 34.3 Å². The first-order valence-electron chi connectivity index (χ1n) is 8.73. The number of halogens is 3. The lowest BCUT2D eigenvalue weighted by atomic mass is 10.3. The van der Waals surface area contributed by atoms with Crippen molar-refractivity contribution < 1.29 is 26.3 Å². The minimum Gasteiger partial charge on any atom is -0.457 e. The highest BCUT2D eigenvalue weighted by Crippen LogP contribution is 2.31. The van der Waals surface area contributed by atoms with Gasteiger partial charge in [0.2, 0.25) is 0 Å². The summed E-state index contributed by atoms with van der Waals surface area (Å²) in [5.41, 5.74) is -0.630. The van der Waals surface area contributed by atoms with Crippen molar-refractivity contribution in [2.24, 2.45) is 0 Å². The minimum atomic E-state index is -4.64. The first-order valence-corrected chi connectivity index (χ1v) is 10.6. The molecule has 0 amide bonds. The molecule has 0 aliphatic carbocycles. The predicted molar refractivity (Wildman–Crippen MR) is 105 cm³/mol. The lowest BCUT2D eigenvalue weighted by Crippen LogP contribution is -2.12. The second kappa shape index (κ2) is 7.54. The number of aromatic nitrogens is 4. The Labute approximate surface area is 174 Å². The van der Waals surface area contributed by atoms with E-state index in [4.69, 9.17) is 4.74 Å². The third kappa shape index (κ3) is 4.58. The van der Waals surface area contributed by atoms with E-state index >= 15 is 0 Å². The van der Waals surface area contributed by atoms with Crippen molar-refractivity contribution in [3.63, 3.8) is 0 Å².